The van der Waals surface area contributed by atoms with Gasteiger partial charge in [0.05, 0.1) is 15.6 Å². The van der Waals surface area contributed by atoms with Crippen molar-refractivity contribution in [2.24, 2.45) is 11.8 Å². The van der Waals surface area contributed by atoms with Gasteiger partial charge in [-0.25, -0.2) is 13.4 Å². The normalized spacial score (nSPS) is 12.0. The number of anilines is 1. The monoisotopic (exact) mass is 539 g/mol. The highest BCUT2D eigenvalue weighted by atomic mass is 35.5. The zero-order valence-electron chi connectivity index (χ0n) is 19.4. The van der Waals surface area contributed by atoms with E-state index in [9.17, 15) is 13.2 Å². The molecule has 0 aliphatic rings. The van der Waals surface area contributed by atoms with Gasteiger partial charge in [-0.05, 0) is 54.3 Å². The predicted molar refractivity (Wildman–Crippen MR) is 140 cm³/mol. The van der Waals surface area contributed by atoms with Crippen LogP contribution in [0.25, 0.3) is 11.3 Å². The Hall–Kier alpha value is -1.97. The van der Waals surface area contributed by atoms with Gasteiger partial charge in [0.1, 0.15) is 0 Å². The van der Waals surface area contributed by atoms with Crippen LogP contribution in [-0.4, -0.2) is 36.7 Å². The smallest absolute Gasteiger partial charge is 0.257 e. The van der Waals surface area contributed by atoms with Crippen LogP contribution in [0.4, 0.5) is 5.13 Å². The van der Waals surface area contributed by atoms with E-state index in [0.717, 1.165) is 0 Å². The molecule has 1 N–H and O–H groups in total. The Labute approximate surface area is 215 Å². The van der Waals surface area contributed by atoms with Crippen molar-refractivity contribution in [1.82, 2.24) is 9.29 Å². The number of rotatable bonds is 9. The van der Waals surface area contributed by atoms with Crippen LogP contribution in [0.5, 0.6) is 0 Å². The number of hydrogen-bond acceptors (Lipinski definition) is 5. The van der Waals surface area contributed by atoms with Gasteiger partial charge in [0.2, 0.25) is 10.0 Å². The van der Waals surface area contributed by atoms with E-state index in [2.05, 4.69) is 10.3 Å². The predicted octanol–water partition coefficient (Wildman–Crippen LogP) is 6.67. The molecule has 0 fully saturated rings. The summed E-state index contributed by atoms with van der Waals surface area (Å²) in [4.78, 5) is 17.3. The average Bonchev–Trinajstić information content (AvgIpc) is 3.22. The highest BCUT2D eigenvalue weighted by Gasteiger charge is 2.26. The molecule has 1 heterocycles. The maximum atomic E-state index is 13.2. The highest BCUT2D eigenvalue weighted by Crippen LogP contribution is 2.32. The van der Waals surface area contributed by atoms with Crippen molar-refractivity contribution in [3.05, 3.63) is 63.5 Å². The fourth-order valence-corrected chi connectivity index (χ4v) is 6.19. The molecular formula is C24H27Cl2N3O3S2. The van der Waals surface area contributed by atoms with Gasteiger partial charge >= 0.3 is 0 Å². The van der Waals surface area contributed by atoms with Crippen LogP contribution in [0.1, 0.15) is 38.1 Å². The van der Waals surface area contributed by atoms with E-state index >= 15 is 0 Å². The van der Waals surface area contributed by atoms with Gasteiger partial charge < -0.3 is 0 Å². The first-order valence-corrected chi connectivity index (χ1v) is 13.9. The number of halogens is 2. The Morgan fingerprint density at radius 3 is 2.24 bits per heavy atom. The molecule has 34 heavy (non-hydrogen) atoms. The molecule has 0 aliphatic heterocycles. The fourth-order valence-electron chi connectivity index (χ4n) is 3.33. The molecule has 0 aliphatic carbocycles. The summed E-state index contributed by atoms with van der Waals surface area (Å²) in [5, 5.41) is 5.97. The molecule has 0 atom stereocenters. The second kappa shape index (κ2) is 11.2. The molecule has 10 heteroatoms. The molecule has 2 aromatic carbocycles. The molecule has 3 rings (SSSR count). The summed E-state index contributed by atoms with van der Waals surface area (Å²) in [5.74, 6) is 0.00960. The molecule has 0 saturated heterocycles. The SMILES string of the molecule is CC(C)CN(CC(C)C)S(=O)(=O)c1ccc(C(=O)Nc2nc(-c3cc(Cl)ccc3Cl)cs2)cc1. The van der Waals surface area contributed by atoms with Gasteiger partial charge in [-0.3, -0.25) is 10.1 Å². The molecule has 0 spiro atoms. The summed E-state index contributed by atoms with van der Waals surface area (Å²) >= 11 is 13.5. The molecule has 6 nitrogen and oxygen atoms in total. The number of nitrogens with zero attached hydrogens (tertiary/aromatic N) is 2. The summed E-state index contributed by atoms with van der Waals surface area (Å²) in [6, 6.07) is 11.0. The fraction of sp³-hybridized carbons (Fsp3) is 0.333. The van der Waals surface area contributed by atoms with Gasteiger partial charge in [0, 0.05) is 34.6 Å². The largest absolute Gasteiger partial charge is 0.298 e. The van der Waals surface area contributed by atoms with Crippen molar-refractivity contribution in [2.75, 3.05) is 18.4 Å². The van der Waals surface area contributed by atoms with Gasteiger partial charge in [0.15, 0.2) is 5.13 Å². The summed E-state index contributed by atoms with van der Waals surface area (Å²) in [6.07, 6.45) is 0. The zero-order chi connectivity index (χ0) is 25.0. The number of nitrogens with one attached hydrogen (secondary N) is 1. The van der Waals surface area contributed by atoms with E-state index < -0.39 is 10.0 Å². The summed E-state index contributed by atoms with van der Waals surface area (Å²) in [6.45, 7) is 8.82. The lowest BCUT2D eigenvalue weighted by molar-refractivity contribution is 0.102. The van der Waals surface area contributed by atoms with Crippen LogP contribution >= 0.6 is 34.5 Å². The zero-order valence-corrected chi connectivity index (χ0v) is 22.5. The summed E-state index contributed by atoms with van der Waals surface area (Å²) in [7, 11) is -3.66. The minimum atomic E-state index is -3.66. The third kappa shape index (κ3) is 6.58. The Bertz CT molecular complexity index is 1250. The number of hydrogen-bond donors (Lipinski definition) is 1. The minimum Gasteiger partial charge on any atom is -0.298 e. The first kappa shape index (κ1) is 26.6. The van der Waals surface area contributed by atoms with E-state index in [4.69, 9.17) is 23.2 Å². The van der Waals surface area contributed by atoms with Crippen LogP contribution in [0.2, 0.25) is 10.0 Å². The topological polar surface area (TPSA) is 79.4 Å². The Kier molecular flexibility index (Phi) is 8.76. The van der Waals surface area contributed by atoms with Gasteiger partial charge in [-0.1, -0.05) is 50.9 Å². The third-order valence-electron chi connectivity index (χ3n) is 4.82. The Morgan fingerprint density at radius 1 is 1.03 bits per heavy atom. The van der Waals surface area contributed by atoms with Crippen molar-refractivity contribution in [3.8, 4) is 11.3 Å². The second-order valence-electron chi connectivity index (χ2n) is 8.75. The maximum absolute atomic E-state index is 13.2. The number of amides is 1. The highest BCUT2D eigenvalue weighted by molar-refractivity contribution is 7.89. The lowest BCUT2D eigenvalue weighted by atomic mass is 10.2. The number of carbonyl (C=O) groups excluding carboxylic acids is 1. The molecule has 0 radical (unpaired) electrons. The van der Waals surface area contributed by atoms with Crippen LogP contribution < -0.4 is 5.32 Å². The number of benzene rings is 2. The molecule has 0 saturated carbocycles. The Morgan fingerprint density at radius 2 is 1.65 bits per heavy atom. The van der Waals surface area contributed by atoms with Gasteiger partial charge in [-0.15, -0.1) is 11.3 Å². The van der Waals surface area contributed by atoms with Crippen LogP contribution in [-0.2, 0) is 10.0 Å². The quantitative estimate of drug-likeness (QED) is 0.329. The van der Waals surface area contributed by atoms with Crippen molar-refractivity contribution >= 4 is 55.6 Å². The first-order valence-electron chi connectivity index (χ1n) is 10.8. The number of thiazole rings is 1. The molecule has 1 amide bonds. The molecule has 0 bridgehead atoms. The van der Waals surface area contributed by atoms with E-state index in [1.807, 2.05) is 27.7 Å². The third-order valence-corrected chi connectivity index (χ3v) is 7.99. The van der Waals surface area contributed by atoms with E-state index in [0.29, 0.717) is 45.1 Å². The number of carbonyl (C=O) groups is 1. The van der Waals surface area contributed by atoms with E-state index in [1.54, 1.807) is 23.6 Å². The van der Waals surface area contributed by atoms with Gasteiger partial charge in [-0.2, -0.15) is 4.31 Å². The minimum absolute atomic E-state index is 0.164. The molecular weight excluding hydrogens is 513 g/mol. The van der Waals surface area contributed by atoms with Crippen molar-refractivity contribution in [3.63, 3.8) is 0 Å². The van der Waals surface area contributed by atoms with Crippen LogP contribution in [0.15, 0.2) is 52.7 Å². The van der Waals surface area contributed by atoms with Crippen molar-refractivity contribution in [2.45, 2.75) is 32.6 Å². The molecule has 3 aromatic rings. The van der Waals surface area contributed by atoms with Crippen molar-refractivity contribution in [1.29, 1.82) is 0 Å². The number of aromatic nitrogens is 1. The maximum Gasteiger partial charge on any atom is 0.257 e. The van der Waals surface area contributed by atoms with Crippen LogP contribution in [0.3, 0.4) is 0 Å². The van der Waals surface area contributed by atoms with E-state index in [-0.39, 0.29) is 22.6 Å². The molecule has 1 aromatic heterocycles. The molecule has 0 unspecified atom stereocenters. The van der Waals surface area contributed by atoms with Gasteiger partial charge in [0.25, 0.3) is 5.91 Å². The van der Waals surface area contributed by atoms with Crippen LogP contribution in [0, 0.1) is 11.8 Å². The molecule has 182 valence electrons. The Balaban J connectivity index is 1.75. The first-order chi connectivity index (χ1) is 16.0. The van der Waals surface area contributed by atoms with E-state index in [1.165, 1.54) is 39.9 Å². The lowest BCUT2D eigenvalue weighted by Crippen LogP contribution is -2.37. The summed E-state index contributed by atoms with van der Waals surface area (Å²) in [5.41, 5.74) is 1.60. The standard InChI is InChI=1S/C24H27Cl2N3O3S2/c1-15(2)12-29(13-16(3)4)34(31,32)19-8-5-17(6-9-19)23(30)28-24-27-22(14-33-24)20-11-18(25)7-10-21(20)26/h5-11,14-16H,12-13H2,1-4H3,(H,27,28,30). The summed E-state index contributed by atoms with van der Waals surface area (Å²) < 4.78 is 27.8. The lowest BCUT2D eigenvalue weighted by Gasteiger charge is -2.25. The van der Waals surface area contributed by atoms with Crippen molar-refractivity contribution < 1.29 is 13.2 Å². The average molecular weight is 541 g/mol. The second-order valence-corrected chi connectivity index (χ2v) is 12.4. The number of sulfonamides is 1.